The monoisotopic (exact) mass is 457 g/mol. The number of nitrogens with one attached hydrogen (secondary N) is 3. The molecule has 4 N–H and O–H groups in total. The molecular weight excluding hydrogens is 438 g/mol. The third kappa shape index (κ3) is 2.86. The lowest BCUT2D eigenvalue weighted by molar-refractivity contribution is -0.0140. The molecule has 0 spiro atoms. The van der Waals surface area contributed by atoms with E-state index in [4.69, 9.17) is 4.42 Å². The van der Waals surface area contributed by atoms with Crippen LogP contribution in [0.15, 0.2) is 38.1 Å². The third-order valence-corrected chi connectivity index (χ3v) is 7.38. The van der Waals surface area contributed by atoms with E-state index in [1.54, 1.807) is 18.3 Å². The molecule has 4 aliphatic carbocycles. The first kappa shape index (κ1) is 17.5. The van der Waals surface area contributed by atoms with E-state index in [2.05, 4.69) is 41.5 Å². The molecule has 2 aromatic heterocycles. The normalized spacial score (nSPS) is 32.2. The Labute approximate surface area is 174 Å². The highest BCUT2D eigenvalue weighted by molar-refractivity contribution is 9.10. The fourth-order valence-electron chi connectivity index (χ4n) is 5.83. The van der Waals surface area contributed by atoms with Gasteiger partial charge in [0.25, 0.3) is 0 Å². The van der Waals surface area contributed by atoms with Crippen LogP contribution < -0.4 is 16.4 Å². The van der Waals surface area contributed by atoms with E-state index in [9.17, 15) is 9.90 Å². The fraction of sp³-hybridized carbons (Fsp3) is 0.450. The SMILES string of the molecule is O=c1[nH]c2cc(Nc3ncc(Br)c(NC4C5CC6CC(O)(C5)CC64)n3)ccc2o1. The van der Waals surface area contributed by atoms with Gasteiger partial charge in [-0.3, -0.25) is 4.98 Å². The van der Waals surface area contributed by atoms with Gasteiger partial charge < -0.3 is 20.2 Å². The Hall–Kier alpha value is -2.39. The third-order valence-electron chi connectivity index (χ3n) is 6.80. The summed E-state index contributed by atoms with van der Waals surface area (Å²) in [6.45, 7) is 0. The number of fused-ring (bicyclic) bond motifs is 1. The summed E-state index contributed by atoms with van der Waals surface area (Å²) in [7, 11) is 0. The summed E-state index contributed by atoms with van der Waals surface area (Å²) in [5.41, 5.74) is 1.45. The van der Waals surface area contributed by atoms with Gasteiger partial charge in [-0.2, -0.15) is 4.98 Å². The molecular formula is C20H20BrN5O3. The largest absolute Gasteiger partial charge is 0.417 e. The number of rotatable bonds is 4. The molecule has 7 rings (SSSR count). The van der Waals surface area contributed by atoms with Crippen LogP contribution in [0, 0.1) is 17.8 Å². The van der Waals surface area contributed by atoms with Crippen molar-refractivity contribution in [3.63, 3.8) is 0 Å². The van der Waals surface area contributed by atoms with Crippen molar-refractivity contribution in [2.45, 2.75) is 37.3 Å². The van der Waals surface area contributed by atoms with Gasteiger partial charge >= 0.3 is 5.76 Å². The quantitative estimate of drug-likeness (QED) is 0.474. The van der Waals surface area contributed by atoms with E-state index in [-0.39, 0.29) is 0 Å². The molecule has 0 aliphatic heterocycles. The minimum Gasteiger partial charge on any atom is -0.408 e. The summed E-state index contributed by atoms with van der Waals surface area (Å²) in [5.74, 6) is 2.38. The molecule has 5 unspecified atom stereocenters. The Kier molecular flexibility index (Phi) is 3.65. The number of aromatic nitrogens is 3. The van der Waals surface area contributed by atoms with Crippen molar-refractivity contribution in [2.75, 3.05) is 10.6 Å². The summed E-state index contributed by atoms with van der Waals surface area (Å²) in [5, 5.41) is 17.5. The van der Waals surface area contributed by atoms with Gasteiger partial charge in [0.2, 0.25) is 5.95 Å². The smallest absolute Gasteiger partial charge is 0.408 e. The zero-order valence-corrected chi connectivity index (χ0v) is 17.1. The molecule has 0 radical (unpaired) electrons. The lowest BCUT2D eigenvalue weighted by atomic mass is 9.76. The van der Waals surface area contributed by atoms with Gasteiger partial charge in [-0.05, 0) is 77.6 Å². The Balaban J connectivity index is 1.25. The van der Waals surface area contributed by atoms with Crippen LogP contribution in [0.1, 0.15) is 25.7 Å². The predicted octanol–water partition coefficient (Wildman–Crippen LogP) is 3.38. The highest BCUT2D eigenvalue weighted by Gasteiger charge is 2.60. The number of nitrogens with zero attached hydrogens (tertiary/aromatic N) is 2. The number of aromatic amines is 1. The standard InChI is InChI=1S/C20H20BrN5O3/c21-13-8-22-18(23-11-1-2-15-14(4-11)24-19(27)29-15)26-17(13)25-16-10-3-9-5-20(28,6-10)7-12(9)16/h1-2,4,8-10,12,16,28H,3,5-7H2,(H,24,27)(H2,22,23,25,26). The van der Waals surface area contributed by atoms with Gasteiger partial charge in [-0.25, -0.2) is 9.78 Å². The lowest BCUT2D eigenvalue weighted by Gasteiger charge is -2.38. The zero-order valence-electron chi connectivity index (χ0n) is 15.5. The Bertz CT molecular complexity index is 1170. The highest BCUT2D eigenvalue weighted by Crippen LogP contribution is 2.60. The molecule has 9 heteroatoms. The van der Waals surface area contributed by atoms with Gasteiger partial charge in [-0.15, -0.1) is 0 Å². The summed E-state index contributed by atoms with van der Waals surface area (Å²) < 4.78 is 5.85. The van der Waals surface area contributed by atoms with Crippen LogP contribution in [0.25, 0.3) is 11.1 Å². The summed E-state index contributed by atoms with van der Waals surface area (Å²) in [6, 6.07) is 5.67. The Morgan fingerprint density at radius 2 is 2.14 bits per heavy atom. The van der Waals surface area contributed by atoms with E-state index < -0.39 is 11.4 Å². The first-order chi connectivity index (χ1) is 14.0. The van der Waals surface area contributed by atoms with Crippen molar-refractivity contribution in [2.24, 2.45) is 17.8 Å². The number of halogens is 1. The molecule has 0 saturated heterocycles. The van der Waals surface area contributed by atoms with Crippen molar-refractivity contribution in [1.29, 1.82) is 0 Å². The molecule has 4 saturated carbocycles. The van der Waals surface area contributed by atoms with E-state index in [0.29, 0.717) is 40.8 Å². The van der Waals surface area contributed by atoms with Crippen LogP contribution in [0.4, 0.5) is 17.5 Å². The Morgan fingerprint density at radius 1 is 1.28 bits per heavy atom. The van der Waals surface area contributed by atoms with E-state index in [1.165, 1.54) is 6.42 Å². The molecule has 1 aromatic carbocycles. The number of hydrogen-bond acceptors (Lipinski definition) is 7. The van der Waals surface area contributed by atoms with Gasteiger partial charge in [0.1, 0.15) is 5.82 Å². The summed E-state index contributed by atoms with van der Waals surface area (Å²) in [4.78, 5) is 23.0. The van der Waals surface area contributed by atoms with Crippen LogP contribution in [-0.2, 0) is 0 Å². The average Bonchev–Trinajstić information content (AvgIpc) is 3.23. The maximum absolute atomic E-state index is 11.3. The van der Waals surface area contributed by atoms with Gasteiger partial charge in [0.15, 0.2) is 5.58 Å². The van der Waals surface area contributed by atoms with Crippen molar-refractivity contribution < 1.29 is 9.52 Å². The van der Waals surface area contributed by atoms with Crippen molar-refractivity contribution >= 4 is 44.5 Å². The molecule has 3 aromatic rings. The van der Waals surface area contributed by atoms with Crippen LogP contribution in [-0.4, -0.2) is 31.7 Å². The highest BCUT2D eigenvalue weighted by atomic mass is 79.9. The molecule has 4 bridgehead atoms. The van der Waals surface area contributed by atoms with E-state index in [1.807, 2.05) is 6.07 Å². The number of aliphatic hydroxyl groups is 1. The van der Waals surface area contributed by atoms with E-state index >= 15 is 0 Å². The number of benzene rings is 1. The topological polar surface area (TPSA) is 116 Å². The number of oxazole rings is 1. The fourth-order valence-corrected chi connectivity index (χ4v) is 6.13. The molecule has 4 fully saturated rings. The first-order valence-electron chi connectivity index (χ1n) is 9.87. The number of H-pyrrole nitrogens is 1. The minimum absolute atomic E-state index is 0.342. The maximum atomic E-state index is 11.3. The van der Waals surface area contributed by atoms with Crippen LogP contribution in [0.5, 0.6) is 0 Å². The van der Waals surface area contributed by atoms with E-state index in [0.717, 1.165) is 35.2 Å². The molecule has 8 nitrogen and oxygen atoms in total. The van der Waals surface area contributed by atoms with Crippen LogP contribution in [0.2, 0.25) is 0 Å². The maximum Gasteiger partial charge on any atom is 0.417 e. The molecule has 150 valence electrons. The second-order valence-electron chi connectivity index (χ2n) is 8.67. The second kappa shape index (κ2) is 6.06. The van der Waals surface area contributed by atoms with Gasteiger partial charge in [0, 0.05) is 17.9 Å². The summed E-state index contributed by atoms with van der Waals surface area (Å²) >= 11 is 3.56. The van der Waals surface area contributed by atoms with Crippen molar-refractivity contribution in [3.05, 3.63) is 39.4 Å². The van der Waals surface area contributed by atoms with Crippen LogP contribution in [0.3, 0.4) is 0 Å². The van der Waals surface area contributed by atoms with Gasteiger partial charge in [-0.1, -0.05) is 0 Å². The van der Waals surface area contributed by atoms with Crippen LogP contribution >= 0.6 is 15.9 Å². The zero-order chi connectivity index (χ0) is 19.8. The van der Waals surface area contributed by atoms with Gasteiger partial charge in [0.05, 0.1) is 15.6 Å². The predicted molar refractivity (Wildman–Crippen MR) is 111 cm³/mol. The average molecular weight is 458 g/mol. The minimum atomic E-state index is -0.479. The number of hydrogen-bond donors (Lipinski definition) is 4. The van der Waals surface area contributed by atoms with Crippen molar-refractivity contribution in [1.82, 2.24) is 15.0 Å². The molecule has 2 heterocycles. The molecule has 5 atom stereocenters. The molecule has 0 amide bonds. The lowest BCUT2D eigenvalue weighted by Crippen LogP contribution is -2.43. The first-order valence-corrected chi connectivity index (χ1v) is 10.7. The molecule has 4 aliphatic rings. The number of anilines is 3. The summed E-state index contributed by atoms with van der Waals surface area (Å²) in [6.07, 6.45) is 5.65. The Morgan fingerprint density at radius 3 is 3.00 bits per heavy atom. The second-order valence-corrected chi connectivity index (χ2v) is 9.52. The molecule has 29 heavy (non-hydrogen) atoms. The van der Waals surface area contributed by atoms with Crippen molar-refractivity contribution in [3.8, 4) is 0 Å².